The zero-order valence-electron chi connectivity index (χ0n) is 8.99. The number of urea groups is 1. The molecule has 1 aliphatic rings. The van der Waals surface area contributed by atoms with E-state index in [2.05, 4.69) is 10.6 Å². The lowest BCUT2D eigenvalue weighted by molar-refractivity contribution is 0.165. The van der Waals surface area contributed by atoms with Crippen molar-refractivity contribution in [1.29, 1.82) is 0 Å². The molecule has 0 bridgehead atoms. The van der Waals surface area contributed by atoms with E-state index in [1.54, 1.807) is 7.11 Å². The Morgan fingerprint density at radius 1 is 1.73 bits per heavy atom. The molecule has 15 heavy (non-hydrogen) atoms. The molecule has 0 radical (unpaired) electrons. The fourth-order valence-electron chi connectivity index (χ4n) is 1.43. The molecular weight excluding hydrogens is 198 g/mol. The predicted octanol–water partition coefficient (Wildman–Crippen LogP) is -0.952. The van der Waals surface area contributed by atoms with Gasteiger partial charge in [0.25, 0.3) is 0 Å². The van der Waals surface area contributed by atoms with Gasteiger partial charge in [0.05, 0.1) is 25.3 Å². The molecule has 1 saturated heterocycles. The molecule has 0 aromatic rings. The van der Waals surface area contributed by atoms with Gasteiger partial charge >= 0.3 is 6.03 Å². The predicted molar refractivity (Wildman–Crippen MR) is 55.6 cm³/mol. The number of ether oxygens (including phenoxy) is 2. The molecule has 0 aromatic heterocycles. The van der Waals surface area contributed by atoms with Crippen LogP contribution in [-0.4, -0.2) is 51.6 Å². The fourth-order valence-corrected chi connectivity index (χ4v) is 1.43. The summed E-state index contributed by atoms with van der Waals surface area (Å²) in [5.74, 6) is 0. The van der Waals surface area contributed by atoms with E-state index in [4.69, 9.17) is 15.2 Å². The van der Waals surface area contributed by atoms with Crippen LogP contribution in [0.5, 0.6) is 0 Å². The van der Waals surface area contributed by atoms with Crippen molar-refractivity contribution in [2.45, 2.75) is 18.5 Å². The van der Waals surface area contributed by atoms with E-state index in [1.165, 1.54) is 0 Å². The fraction of sp³-hybridized carbons (Fsp3) is 0.889. The maximum Gasteiger partial charge on any atom is 0.315 e. The number of hydrogen-bond donors (Lipinski definition) is 3. The van der Waals surface area contributed by atoms with Crippen molar-refractivity contribution in [2.75, 3.05) is 33.5 Å². The summed E-state index contributed by atoms with van der Waals surface area (Å²) >= 11 is 0. The number of nitrogens with one attached hydrogen (secondary N) is 2. The lowest BCUT2D eigenvalue weighted by atomic mass is 10.2. The van der Waals surface area contributed by atoms with Gasteiger partial charge in [0.15, 0.2) is 0 Å². The van der Waals surface area contributed by atoms with Crippen LogP contribution in [0, 0.1) is 0 Å². The Morgan fingerprint density at radius 3 is 3.07 bits per heavy atom. The molecule has 0 spiro atoms. The van der Waals surface area contributed by atoms with E-state index < -0.39 is 0 Å². The van der Waals surface area contributed by atoms with Gasteiger partial charge in [0.2, 0.25) is 0 Å². The minimum absolute atomic E-state index is 0.117. The first-order valence-corrected chi connectivity index (χ1v) is 5.10. The summed E-state index contributed by atoms with van der Waals surface area (Å²) in [5, 5.41) is 5.55. The van der Waals surface area contributed by atoms with Gasteiger partial charge in [-0.2, -0.15) is 0 Å². The highest BCUT2D eigenvalue weighted by molar-refractivity contribution is 5.74. The van der Waals surface area contributed by atoms with Crippen molar-refractivity contribution >= 4 is 6.03 Å². The topological polar surface area (TPSA) is 85.6 Å². The normalized spacial score (nSPS) is 22.4. The molecule has 88 valence electrons. The third-order valence-corrected chi connectivity index (χ3v) is 2.25. The average Bonchev–Trinajstić information content (AvgIpc) is 2.69. The molecule has 6 heteroatoms. The highest BCUT2D eigenvalue weighted by atomic mass is 16.5. The second-order valence-electron chi connectivity index (χ2n) is 3.57. The first-order valence-electron chi connectivity index (χ1n) is 5.10. The van der Waals surface area contributed by atoms with Gasteiger partial charge in [-0.25, -0.2) is 4.79 Å². The summed E-state index contributed by atoms with van der Waals surface area (Å²) in [7, 11) is 1.58. The number of carbonyl (C=O) groups is 1. The van der Waals surface area contributed by atoms with E-state index in [0.29, 0.717) is 26.4 Å². The van der Waals surface area contributed by atoms with Crippen LogP contribution in [0.2, 0.25) is 0 Å². The van der Waals surface area contributed by atoms with E-state index in [-0.39, 0.29) is 18.1 Å². The van der Waals surface area contributed by atoms with E-state index in [9.17, 15) is 4.79 Å². The Kier molecular flexibility index (Phi) is 5.38. The van der Waals surface area contributed by atoms with Gasteiger partial charge in [-0.05, 0) is 6.42 Å². The number of carbonyl (C=O) groups excluding carboxylic acids is 1. The van der Waals surface area contributed by atoms with Gasteiger partial charge < -0.3 is 25.8 Å². The zero-order valence-corrected chi connectivity index (χ0v) is 8.99. The average molecular weight is 217 g/mol. The molecule has 0 saturated carbocycles. The van der Waals surface area contributed by atoms with Crippen LogP contribution in [-0.2, 0) is 9.47 Å². The Labute approximate surface area is 89.5 Å². The lowest BCUT2D eigenvalue weighted by Gasteiger charge is -2.18. The first kappa shape index (κ1) is 12.2. The second-order valence-corrected chi connectivity index (χ2v) is 3.57. The molecule has 1 rings (SSSR count). The first-order chi connectivity index (χ1) is 7.26. The molecule has 4 N–H and O–H groups in total. The van der Waals surface area contributed by atoms with Gasteiger partial charge in [-0.15, -0.1) is 0 Å². The van der Waals surface area contributed by atoms with Crippen LogP contribution >= 0.6 is 0 Å². The molecule has 0 aliphatic carbocycles. The number of rotatable bonds is 5. The summed E-state index contributed by atoms with van der Waals surface area (Å²) < 4.78 is 10.1. The molecule has 2 atom stereocenters. The maximum absolute atomic E-state index is 11.5. The summed E-state index contributed by atoms with van der Waals surface area (Å²) in [6, 6.07) is -0.235. The van der Waals surface area contributed by atoms with Gasteiger partial charge in [0.1, 0.15) is 0 Å². The molecule has 0 aromatic carbocycles. The van der Waals surface area contributed by atoms with Crippen LogP contribution in [0.4, 0.5) is 4.79 Å². The highest BCUT2D eigenvalue weighted by Gasteiger charge is 2.18. The number of methoxy groups -OCH3 is 1. The maximum atomic E-state index is 11.5. The molecular formula is C9H19N3O3. The van der Waals surface area contributed by atoms with Crippen molar-refractivity contribution in [3.63, 3.8) is 0 Å². The minimum atomic E-state index is -0.210. The smallest absolute Gasteiger partial charge is 0.315 e. The van der Waals surface area contributed by atoms with Crippen LogP contribution in [0.3, 0.4) is 0 Å². The van der Waals surface area contributed by atoms with Crippen molar-refractivity contribution in [3.8, 4) is 0 Å². The SMILES string of the molecule is COCC(CN)NC(=O)NC1CCOC1. The molecule has 6 nitrogen and oxygen atoms in total. The van der Waals surface area contributed by atoms with Crippen LogP contribution in [0.25, 0.3) is 0 Å². The van der Waals surface area contributed by atoms with Gasteiger partial charge in [-0.1, -0.05) is 0 Å². The van der Waals surface area contributed by atoms with Crippen LogP contribution < -0.4 is 16.4 Å². The molecule has 1 aliphatic heterocycles. The standard InChI is InChI=1S/C9H19N3O3/c1-14-5-8(4-10)12-9(13)11-7-2-3-15-6-7/h7-8H,2-6,10H2,1H3,(H2,11,12,13). The summed E-state index contributed by atoms with van der Waals surface area (Å²) in [5.41, 5.74) is 5.47. The van der Waals surface area contributed by atoms with Crippen molar-refractivity contribution < 1.29 is 14.3 Å². The van der Waals surface area contributed by atoms with Gasteiger partial charge in [-0.3, -0.25) is 0 Å². The Hall–Kier alpha value is -0.850. The summed E-state index contributed by atoms with van der Waals surface area (Å²) in [4.78, 5) is 11.5. The third kappa shape index (κ3) is 4.46. The Bertz CT molecular complexity index is 195. The van der Waals surface area contributed by atoms with E-state index in [0.717, 1.165) is 6.42 Å². The molecule has 2 unspecified atom stereocenters. The number of amides is 2. The van der Waals surface area contributed by atoms with E-state index in [1.807, 2.05) is 0 Å². The van der Waals surface area contributed by atoms with E-state index >= 15 is 0 Å². The van der Waals surface area contributed by atoms with Crippen molar-refractivity contribution in [3.05, 3.63) is 0 Å². The monoisotopic (exact) mass is 217 g/mol. The van der Waals surface area contributed by atoms with Crippen LogP contribution in [0.1, 0.15) is 6.42 Å². The largest absolute Gasteiger partial charge is 0.383 e. The second kappa shape index (κ2) is 6.60. The van der Waals surface area contributed by atoms with Crippen molar-refractivity contribution in [1.82, 2.24) is 10.6 Å². The number of hydrogen-bond acceptors (Lipinski definition) is 4. The third-order valence-electron chi connectivity index (χ3n) is 2.25. The van der Waals surface area contributed by atoms with Crippen molar-refractivity contribution in [2.24, 2.45) is 5.73 Å². The zero-order chi connectivity index (χ0) is 11.1. The molecule has 1 heterocycles. The molecule has 1 fully saturated rings. The quantitative estimate of drug-likeness (QED) is 0.554. The minimum Gasteiger partial charge on any atom is -0.383 e. The Balaban J connectivity index is 2.20. The van der Waals surface area contributed by atoms with Gasteiger partial charge in [0, 0.05) is 20.3 Å². The summed E-state index contributed by atoms with van der Waals surface area (Å²) in [6.07, 6.45) is 0.866. The lowest BCUT2D eigenvalue weighted by Crippen LogP contribution is -2.50. The number of nitrogens with two attached hydrogens (primary N) is 1. The summed E-state index contributed by atoms with van der Waals surface area (Å²) in [6.45, 7) is 2.09. The Morgan fingerprint density at radius 2 is 2.53 bits per heavy atom. The molecule has 2 amide bonds. The highest BCUT2D eigenvalue weighted by Crippen LogP contribution is 2.02. The van der Waals surface area contributed by atoms with Crippen LogP contribution in [0.15, 0.2) is 0 Å².